The molecular weight excluding hydrogens is 432 g/mol. The van der Waals surface area contributed by atoms with Crippen molar-refractivity contribution in [1.82, 2.24) is 19.3 Å². The summed E-state index contributed by atoms with van der Waals surface area (Å²) < 4.78 is 38.0. The third-order valence-corrected chi connectivity index (χ3v) is 8.16. The van der Waals surface area contributed by atoms with Gasteiger partial charge in [0.25, 0.3) is 5.91 Å². The summed E-state index contributed by atoms with van der Waals surface area (Å²) in [6.45, 7) is 10.5. The zero-order valence-electron chi connectivity index (χ0n) is 18.8. The van der Waals surface area contributed by atoms with Gasteiger partial charge in [-0.25, -0.2) is 8.42 Å². The van der Waals surface area contributed by atoms with Crippen LogP contribution in [-0.4, -0.2) is 86.1 Å². The molecule has 2 fully saturated rings. The Morgan fingerprint density at radius 2 is 1.72 bits per heavy atom. The molecule has 0 aliphatic carbocycles. The second-order valence-electron chi connectivity index (χ2n) is 8.36. The molecule has 0 bridgehead atoms. The molecule has 0 atom stereocenters. The monoisotopic (exact) mass is 462 g/mol. The summed E-state index contributed by atoms with van der Waals surface area (Å²) in [6.07, 6.45) is 0. The SMILES string of the molecule is Cc1ccc(S(=O)(=O)N2CCOCC2)cc1C(=O)N1CCN(Cc2c(C)noc2C)CC1. The fourth-order valence-electron chi connectivity index (χ4n) is 4.16. The van der Waals surface area contributed by atoms with Crippen molar-refractivity contribution in [1.29, 1.82) is 0 Å². The minimum atomic E-state index is -3.65. The van der Waals surface area contributed by atoms with E-state index < -0.39 is 10.0 Å². The van der Waals surface area contributed by atoms with E-state index in [2.05, 4.69) is 10.1 Å². The molecule has 0 spiro atoms. The zero-order valence-corrected chi connectivity index (χ0v) is 19.7. The van der Waals surface area contributed by atoms with Gasteiger partial charge >= 0.3 is 0 Å². The second-order valence-corrected chi connectivity index (χ2v) is 10.3. The van der Waals surface area contributed by atoms with Gasteiger partial charge in [0.05, 0.1) is 23.8 Å². The van der Waals surface area contributed by atoms with Crippen molar-refractivity contribution in [3.63, 3.8) is 0 Å². The van der Waals surface area contributed by atoms with Gasteiger partial charge in [0, 0.05) is 56.9 Å². The average molecular weight is 463 g/mol. The van der Waals surface area contributed by atoms with E-state index in [1.165, 1.54) is 10.4 Å². The minimum Gasteiger partial charge on any atom is -0.379 e. The van der Waals surface area contributed by atoms with Crippen molar-refractivity contribution in [2.75, 3.05) is 52.5 Å². The number of sulfonamides is 1. The summed E-state index contributed by atoms with van der Waals surface area (Å²) in [5.74, 6) is 0.702. The number of piperazine rings is 1. The second kappa shape index (κ2) is 9.30. The van der Waals surface area contributed by atoms with Crippen LogP contribution in [0, 0.1) is 20.8 Å². The number of benzene rings is 1. The van der Waals surface area contributed by atoms with Crippen molar-refractivity contribution in [2.24, 2.45) is 0 Å². The molecule has 32 heavy (non-hydrogen) atoms. The molecule has 174 valence electrons. The van der Waals surface area contributed by atoms with E-state index in [9.17, 15) is 13.2 Å². The van der Waals surface area contributed by atoms with Crippen LogP contribution in [0.5, 0.6) is 0 Å². The predicted octanol–water partition coefficient (Wildman–Crippen LogP) is 1.58. The van der Waals surface area contributed by atoms with E-state index in [0.717, 1.165) is 42.2 Å². The molecule has 0 N–H and O–H groups in total. The van der Waals surface area contributed by atoms with E-state index in [-0.39, 0.29) is 10.8 Å². The predicted molar refractivity (Wildman–Crippen MR) is 118 cm³/mol. The molecule has 3 heterocycles. The maximum atomic E-state index is 13.3. The van der Waals surface area contributed by atoms with E-state index in [1.54, 1.807) is 17.0 Å². The Bertz CT molecular complexity index is 1060. The number of hydrogen-bond donors (Lipinski definition) is 0. The number of carbonyl (C=O) groups is 1. The number of aryl methyl sites for hydroxylation is 3. The number of aromatic nitrogens is 1. The number of nitrogens with zero attached hydrogens (tertiary/aromatic N) is 4. The molecule has 2 aromatic rings. The van der Waals surface area contributed by atoms with Gasteiger partial charge in [0.2, 0.25) is 10.0 Å². The van der Waals surface area contributed by atoms with E-state index in [1.807, 2.05) is 20.8 Å². The molecule has 10 heteroatoms. The molecule has 1 aromatic heterocycles. The third-order valence-electron chi connectivity index (χ3n) is 6.27. The average Bonchev–Trinajstić information content (AvgIpc) is 3.12. The lowest BCUT2D eigenvalue weighted by Gasteiger charge is -2.35. The Hall–Kier alpha value is -2.27. The lowest BCUT2D eigenvalue weighted by Crippen LogP contribution is -2.48. The molecule has 1 aromatic carbocycles. The lowest BCUT2D eigenvalue weighted by molar-refractivity contribution is 0.0626. The Kier molecular flexibility index (Phi) is 6.66. The smallest absolute Gasteiger partial charge is 0.254 e. The van der Waals surface area contributed by atoms with Gasteiger partial charge in [0.1, 0.15) is 5.76 Å². The number of rotatable bonds is 5. The Morgan fingerprint density at radius 1 is 1.03 bits per heavy atom. The van der Waals surface area contributed by atoms with Crippen molar-refractivity contribution < 1.29 is 22.5 Å². The fraction of sp³-hybridized carbons (Fsp3) is 0.545. The summed E-state index contributed by atoms with van der Waals surface area (Å²) >= 11 is 0. The topological polar surface area (TPSA) is 96.2 Å². The number of morpholine rings is 1. The molecule has 2 aliphatic heterocycles. The Labute approximate surface area is 189 Å². The van der Waals surface area contributed by atoms with Crippen LogP contribution >= 0.6 is 0 Å². The molecule has 9 nitrogen and oxygen atoms in total. The Morgan fingerprint density at radius 3 is 2.34 bits per heavy atom. The summed E-state index contributed by atoms with van der Waals surface area (Å²) in [5, 5.41) is 4.01. The van der Waals surface area contributed by atoms with Crippen LogP contribution in [-0.2, 0) is 21.3 Å². The molecule has 2 saturated heterocycles. The summed E-state index contributed by atoms with van der Waals surface area (Å²) in [5.41, 5.74) is 3.21. The molecule has 1 amide bonds. The van der Waals surface area contributed by atoms with Crippen LogP contribution in [0.3, 0.4) is 0 Å². The minimum absolute atomic E-state index is 0.126. The van der Waals surface area contributed by atoms with E-state index >= 15 is 0 Å². The quantitative estimate of drug-likeness (QED) is 0.666. The largest absolute Gasteiger partial charge is 0.379 e. The highest BCUT2D eigenvalue weighted by Crippen LogP contribution is 2.23. The molecule has 2 aliphatic rings. The van der Waals surface area contributed by atoms with Gasteiger partial charge in [-0.05, 0) is 38.5 Å². The maximum absolute atomic E-state index is 13.3. The van der Waals surface area contributed by atoms with Crippen molar-refractivity contribution in [3.8, 4) is 0 Å². The van der Waals surface area contributed by atoms with Crippen LogP contribution in [0.1, 0.15) is 32.9 Å². The van der Waals surface area contributed by atoms with Crippen LogP contribution in [0.2, 0.25) is 0 Å². The zero-order chi connectivity index (χ0) is 22.9. The lowest BCUT2D eigenvalue weighted by atomic mass is 10.1. The first kappa shape index (κ1) is 22.9. The molecular formula is C22H30N4O5S. The summed E-state index contributed by atoms with van der Waals surface area (Å²) in [4.78, 5) is 17.5. The molecule has 4 rings (SSSR count). The van der Waals surface area contributed by atoms with E-state index in [0.29, 0.717) is 45.0 Å². The van der Waals surface area contributed by atoms with Gasteiger partial charge in [-0.3, -0.25) is 9.69 Å². The van der Waals surface area contributed by atoms with E-state index in [4.69, 9.17) is 9.26 Å². The normalized spacial score (nSPS) is 18.8. The highest BCUT2D eigenvalue weighted by Gasteiger charge is 2.29. The van der Waals surface area contributed by atoms with Crippen LogP contribution < -0.4 is 0 Å². The molecule has 0 radical (unpaired) electrons. The maximum Gasteiger partial charge on any atom is 0.254 e. The van der Waals surface area contributed by atoms with Crippen molar-refractivity contribution >= 4 is 15.9 Å². The standard InChI is InChI=1S/C22H30N4O5S/c1-16-4-5-19(32(28,29)26-10-12-30-13-11-26)14-20(16)22(27)25-8-6-24(7-9-25)15-21-17(2)23-31-18(21)3/h4-5,14H,6-13,15H2,1-3H3. The van der Waals surface area contributed by atoms with Gasteiger partial charge in [-0.1, -0.05) is 11.2 Å². The number of amides is 1. The first-order valence-electron chi connectivity index (χ1n) is 10.9. The van der Waals surface area contributed by atoms with Gasteiger partial charge in [-0.2, -0.15) is 4.31 Å². The van der Waals surface area contributed by atoms with Crippen LogP contribution in [0.4, 0.5) is 0 Å². The first-order chi connectivity index (χ1) is 15.3. The molecule has 0 unspecified atom stereocenters. The fourth-order valence-corrected chi connectivity index (χ4v) is 5.59. The van der Waals surface area contributed by atoms with Crippen molar-refractivity contribution in [2.45, 2.75) is 32.2 Å². The van der Waals surface area contributed by atoms with Crippen LogP contribution in [0.15, 0.2) is 27.6 Å². The number of carbonyl (C=O) groups excluding carboxylic acids is 1. The molecule has 0 saturated carbocycles. The van der Waals surface area contributed by atoms with Crippen molar-refractivity contribution in [3.05, 3.63) is 46.3 Å². The van der Waals surface area contributed by atoms with Gasteiger partial charge in [0.15, 0.2) is 0 Å². The highest BCUT2D eigenvalue weighted by atomic mass is 32.2. The summed E-state index contributed by atoms with van der Waals surface area (Å²) in [7, 11) is -3.65. The highest BCUT2D eigenvalue weighted by molar-refractivity contribution is 7.89. The Balaban J connectivity index is 1.45. The third kappa shape index (κ3) is 4.59. The first-order valence-corrected chi connectivity index (χ1v) is 12.3. The number of hydrogen-bond acceptors (Lipinski definition) is 7. The number of ether oxygens (including phenoxy) is 1. The summed E-state index contributed by atoms with van der Waals surface area (Å²) in [6, 6.07) is 4.82. The van der Waals surface area contributed by atoms with Gasteiger partial charge < -0.3 is 14.2 Å². The van der Waals surface area contributed by atoms with Gasteiger partial charge in [-0.15, -0.1) is 0 Å². The van der Waals surface area contributed by atoms with Crippen LogP contribution in [0.25, 0.3) is 0 Å².